The second-order valence-corrected chi connectivity index (χ2v) is 12.1. The quantitative estimate of drug-likeness (QED) is 0.246. The molecule has 0 bridgehead atoms. The molecule has 11 heteroatoms. The number of likely N-dealkylation sites (N-methyl/N-ethyl adjacent to an activating group) is 1. The normalized spacial score (nSPS) is 14.9. The first-order chi connectivity index (χ1) is 17.5. The number of halogens is 2. The predicted octanol–water partition coefficient (Wildman–Crippen LogP) is 5.22. The number of rotatable bonds is 5. The number of hydrogen-bond donors (Lipinski definition) is 0. The Kier molecular flexibility index (Phi) is 6.06. The topological polar surface area (TPSA) is 97.8 Å². The zero-order valence-corrected chi connectivity index (χ0v) is 21.4. The molecule has 0 aliphatic carbocycles. The lowest BCUT2D eigenvalue weighted by Crippen LogP contribution is -2.36. The monoisotopic (exact) mass is 557 g/mol. The summed E-state index contributed by atoms with van der Waals surface area (Å²) in [5, 5.41) is 1.85. The van der Waals surface area contributed by atoms with E-state index in [1.807, 2.05) is 12.1 Å². The van der Waals surface area contributed by atoms with Crippen molar-refractivity contribution in [2.75, 3.05) is 7.05 Å². The Morgan fingerprint density at radius 1 is 0.919 bits per heavy atom. The van der Waals surface area contributed by atoms with Gasteiger partial charge in [-0.1, -0.05) is 48.0 Å². The molecule has 0 fully saturated rings. The van der Waals surface area contributed by atoms with Crippen LogP contribution in [-0.4, -0.2) is 34.0 Å². The fourth-order valence-corrected chi connectivity index (χ4v) is 6.47. The largest absolute Gasteiger partial charge is 0.376 e. The van der Waals surface area contributed by atoms with Gasteiger partial charge < -0.3 is 4.18 Å². The summed E-state index contributed by atoms with van der Waals surface area (Å²) in [4.78, 5) is 13.0. The summed E-state index contributed by atoms with van der Waals surface area (Å²) in [6.07, 6.45) is 0. The first kappa shape index (κ1) is 24.9. The van der Waals surface area contributed by atoms with Gasteiger partial charge in [-0.3, -0.25) is 9.10 Å². The molecule has 1 heterocycles. The molecule has 0 amide bonds. The Morgan fingerprint density at radius 3 is 2.30 bits per heavy atom. The molecule has 1 aliphatic heterocycles. The molecule has 5 rings (SSSR count). The molecule has 7 nitrogen and oxygen atoms in total. The summed E-state index contributed by atoms with van der Waals surface area (Å²) in [5.41, 5.74) is -0.695. The third kappa shape index (κ3) is 4.37. The molecule has 4 aromatic rings. The number of fused-ring (bicyclic) bond motifs is 2. The number of sulfonamides is 1. The molecule has 4 aromatic carbocycles. The van der Waals surface area contributed by atoms with Crippen molar-refractivity contribution in [3.8, 4) is 0 Å². The molecule has 0 saturated carbocycles. The second-order valence-electron chi connectivity index (χ2n) is 8.17. The summed E-state index contributed by atoms with van der Waals surface area (Å²) >= 11 is 5.86. The summed E-state index contributed by atoms with van der Waals surface area (Å²) in [6, 6.07) is 19.9. The minimum Gasteiger partial charge on any atom is -0.376 e. The van der Waals surface area contributed by atoms with E-state index in [0.717, 1.165) is 30.6 Å². The zero-order chi connectivity index (χ0) is 26.5. The number of carbonyl (C=O) groups excluding carboxylic acids is 1. The van der Waals surface area contributed by atoms with Crippen molar-refractivity contribution in [1.82, 2.24) is 4.31 Å². The van der Waals surface area contributed by atoms with Gasteiger partial charge in [0.25, 0.3) is 10.0 Å². The fraction of sp³-hybridized carbons (Fsp3) is 0.0385. The van der Waals surface area contributed by atoms with Crippen LogP contribution in [-0.2, 0) is 24.3 Å². The Bertz CT molecular complexity index is 1830. The van der Waals surface area contributed by atoms with E-state index < -0.39 is 48.1 Å². The van der Waals surface area contributed by atoms with Crippen molar-refractivity contribution in [1.29, 1.82) is 0 Å². The molecule has 0 aromatic heterocycles. The average molecular weight is 558 g/mol. The van der Waals surface area contributed by atoms with Crippen LogP contribution in [0.2, 0.25) is 5.02 Å². The van der Waals surface area contributed by atoms with E-state index in [2.05, 4.69) is 0 Å². The number of hydrogen-bond acceptors (Lipinski definition) is 6. The van der Waals surface area contributed by atoms with E-state index in [-0.39, 0.29) is 21.0 Å². The highest BCUT2D eigenvalue weighted by Crippen LogP contribution is 2.40. The minimum absolute atomic E-state index is 0.103. The van der Waals surface area contributed by atoms with Gasteiger partial charge in [-0.05, 0) is 59.3 Å². The molecule has 0 saturated heterocycles. The molecule has 0 spiro atoms. The second kappa shape index (κ2) is 8.98. The highest BCUT2D eigenvalue weighted by Gasteiger charge is 2.41. The number of benzene rings is 4. The van der Waals surface area contributed by atoms with Gasteiger partial charge >= 0.3 is 10.1 Å². The van der Waals surface area contributed by atoms with Gasteiger partial charge in [-0.2, -0.15) is 8.42 Å². The maximum absolute atomic E-state index is 14.1. The average Bonchev–Trinajstić information content (AvgIpc) is 2.87. The zero-order valence-electron chi connectivity index (χ0n) is 19.1. The fourth-order valence-electron chi connectivity index (χ4n) is 3.99. The predicted molar refractivity (Wildman–Crippen MR) is 136 cm³/mol. The Hall–Kier alpha value is -3.73. The first-order valence-electron chi connectivity index (χ1n) is 10.8. The summed E-state index contributed by atoms with van der Waals surface area (Å²) in [5.74, 6) is -2.20. The smallest absolute Gasteiger partial charge is 0.339 e. The van der Waals surface area contributed by atoms with Crippen LogP contribution < -0.4 is 0 Å². The van der Waals surface area contributed by atoms with Crippen molar-refractivity contribution in [3.63, 3.8) is 0 Å². The molecule has 0 radical (unpaired) electrons. The van der Waals surface area contributed by atoms with Crippen molar-refractivity contribution in [2.24, 2.45) is 0 Å². The lowest BCUT2D eigenvalue weighted by atomic mass is 10.0. The van der Waals surface area contributed by atoms with Gasteiger partial charge in [0.15, 0.2) is 5.76 Å². The van der Waals surface area contributed by atoms with E-state index in [0.29, 0.717) is 9.69 Å². The van der Waals surface area contributed by atoms with Crippen LogP contribution in [0.1, 0.15) is 15.9 Å². The number of carbonyl (C=O) groups is 1. The number of Topliss-reactive ketones (excluding diaryl/α,β-unsaturated/α-hetero) is 1. The van der Waals surface area contributed by atoms with Crippen LogP contribution in [0.4, 0.5) is 4.39 Å². The van der Waals surface area contributed by atoms with Crippen LogP contribution in [0.5, 0.6) is 0 Å². The molecule has 0 atom stereocenters. The van der Waals surface area contributed by atoms with Crippen molar-refractivity contribution in [3.05, 3.63) is 113 Å². The Labute approximate surface area is 217 Å². The van der Waals surface area contributed by atoms with E-state index >= 15 is 0 Å². The van der Waals surface area contributed by atoms with Crippen LogP contribution in [0.3, 0.4) is 0 Å². The van der Waals surface area contributed by atoms with E-state index in [9.17, 15) is 26.0 Å². The number of ketones is 1. The highest BCUT2D eigenvalue weighted by atomic mass is 35.5. The molecule has 37 heavy (non-hydrogen) atoms. The molecule has 1 aliphatic rings. The van der Waals surface area contributed by atoms with Crippen LogP contribution >= 0.6 is 11.6 Å². The maximum Gasteiger partial charge on any atom is 0.339 e. The summed E-state index contributed by atoms with van der Waals surface area (Å²) in [7, 11) is -7.90. The number of nitrogens with zero attached hydrogens (tertiary/aromatic N) is 1. The SMILES string of the molecule is CN1C(C(=O)c2ccc3ccccc3c2)=C(OS(=O)(=O)c2ccc(Cl)cc2)c2ccc(F)cc2S1(=O)=O. The van der Waals surface area contributed by atoms with Gasteiger partial charge in [0.05, 0.1) is 0 Å². The van der Waals surface area contributed by atoms with Gasteiger partial charge in [0.1, 0.15) is 21.3 Å². The van der Waals surface area contributed by atoms with Crippen molar-refractivity contribution >= 4 is 54.1 Å². The summed E-state index contributed by atoms with van der Waals surface area (Å²) in [6.45, 7) is 0. The molecule has 188 valence electrons. The van der Waals surface area contributed by atoms with Crippen molar-refractivity contribution in [2.45, 2.75) is 9.79 Å². The van der Waals surface area contributed by atoms with Gasteiger partial charge in [-0.15, -0.1) is 0 Å². The minimum atomic E-state index is -4.56. The van der Waals surface area contributed by atoms with Crippen LogP contribution in [0, 0.1) is 5.82 Å². The third-order valence-corrected chi connectivity index (χ3v) is 9.16. The standard InChI is InChI=1S/C26H17ClFNO6S2/c1-29-24(25(30)18-7-6-16-4-2-3-5-17(16)14-18)26(22-13-10-20(28)15-23(22)36(29,31)32)35-37(33,34)21-11-8-19(27)9-12-21/h2-15H,1H3. The Balaban J connectivity index is 1.75. The molecular weight excluding hydrogens is 541 g/mol. The molecule has 0 N–H and O–H groups in total. The molecular formula is C26H17ClFNO6S2. The lowest BCUT2D eigenvalue weighted by molar-refractivity contribution is 0.101. The van der Waals surface area contributed by atoms with Gasteiger partial charge in [0.2, 0.25) is 5.78 Å². The van der Waals surface area contributed by atoms with E-state index in [4.69, 9.17) is 15.8 Å². The summed E-state index contributed by atoms with van der Waals surface area (Å²) < 4.78 is 73.1. The highest BCUT2D eigenvalue weighted by molar-refractivity contribution is 7.89. The van der Waals surface area contributed by atoms with E-state index in [1.54, 1.807) is 24.3 Å². The Morgan fingerprint density at radius 2 is 1.59 bits per heavy atom. The van der Waals surface area contributed by atoms with Gasteiger partial charge in [-0.25, -0.2) is 12.8 Å². The first-order valence-corrected chi connectivity index (χ1v) is 14.0. The van der Waals surface area contributed by atoms with Gasteiger partial charge in [0, 0.05) is 23.2 Å². The molecule has 0 unspecified atom stereocenters. The number of allylic oxidation sites excluding steroid dienone is 1. The third-order valence-electron chi connectivity index (χ3n) is 5.88. The van der Waals surface area contributed by atoms with Crippen molar-refractivity contribution < 1.29 is 30.2 Å². The van der Waals surface area contributed by atoms with E-state index in [1.165, 1.54) is 30.3 Å². The lowest BCUT2D eigenvalue weighted by Gasteiger charge is -2.30. The maximum atomic E-state index is 14.1. The van der Waals surface area contributed by atoms with Crippen LogP contribution in [0.15, 0.2) is 100 Å². The van der Waals surface area contributed by atoms with Crippen LogP contribution in [0.25, 0.3) is 16.5 Å².